The van der Waals surface area contributed by atoms with Crippen molar-refractivity contribution in [2.75, 3.05) is 0 Å². The second-order valence-corrected chi connectivity index (χ2v) is 5.05. The number of aromatic nitrogens is 4. The molecule has 5 nitrogen and oxygen atoms in total. The first kappa shape index (κ1) is 10.7. The lowest BCUT2D eigenvalue weighted by Crippen LogP contribution is -2.20. The number of nitrogens with two attached hydrogens (primary N) is 1. The summed E-state index contributed by atoms with van der Waals surface area (Å²) in [6.07, 6.45) is 3.16. The first-order chi connectivity index (χ1) is 8.18. The van der Waals surface area contributed by atoms with E-state index in [9.17, 15) is 0 Å². The summed E-state index contributed by atoms with van der Waals surface area (Å²) in [5.41, 5.74) is 10.2. The predicted octanol–water partition coefficient (Wildman–Crippen LogP) is 1.81. The Kier molecular flexibility index (Phi) is 2.36. The highest BCUT2D eigenvalue weighted by molar-refractivity contribution is 5.82. The molecule has 0 saturated carbocycles. The largest absolute Gasteiger partial charge is 0.323 e. The molecule has 0 radical (unpaired) electrons. The van der Waals surface area contributed by atoms with E-state index in [1.807, 2.05) is 0 Å². The summed E-state index contributed by atoms with van der Waals surface area (Å²) >= 11 is 0. The molecule has 90 valence electrons. The van der Waals surface area contributed by atoms with E-state index >= 15 is 0 Å². The molecule has 3 N–H and O–H groups in total. The summed E-state index contributed by atoms with van der Waals surface area (Å²) in [6, 6.07) is 0.0329. The van der Waals surface area contributed by atoms with Crippen molar-refractivity contribution in [3.05, 3.63) is 17.0 Å². The van der Waals surface area contributed by atoms with Crippen molar-refractivity contribution in [3.63, 3.8) is 0 Å². The van der Waals surface area contributed by atoms with E-state index in [0.717, 1.165) is 41.7 Å². The van der Waals surface area contributed by atoms with E-state index in [0.29, 0.717) is 5.92 Å². The minimum absolute atomic E-state index is 0.0329. The zero-order valence-corrected chi connectivity index (χ0v) is 10.2. The van der Waals surface area contributed by atoms with E-state index in [-0.39, 0.29) is 6.04 Å². The van der Waals surface area contributed by atoms with E-state index in [4.69, 9.17) is 5.73 Å². The van der Waals surface area contributed by atoms with Crippen LogP contribution in [0.5, 0.6) is 0 Å². The Hall–Kier alpha value is -1.49. The minimum atomic E-state index is 0.0329. The predicted molar refractivity (Wildman–Crippen MR) is 65.6 cm³/mol. The molecule has 0 bridgehead atoms. The fourth-order valence-corrected chi connectivity index (χ4v) is 2.61. The molecule has 2 aromatic heterocycles. The van der Waals surface area contributed by atoms with Gasteiger partial charge in [0.25, 0.3) is 0 Å². The highest BCUT2D eigenvalue weighted by Crippen LogP contribution is 2.33. The highest BCUT2D eigenvalue weighted by atomic mass is 15.2. The number of hydrogen-bond acceptors (Lipinski definition) is 4. The smallest absolute Gasteiger partial charge is 0.203 e. The third-order valence-corrected chi connectivity index (χ3v) is 3.51. The molecule has 2 heterocycles. The van der Waals surface area contributed by atoms with Crippen LogP contribution in [0.1, 0.15) is 55.6 Å². The normalized spacial score (nSPS) is 19.9. The van der Waals surface area contributed by atoms with Gasteiger partial charge in [-0.1, -0.05) is 13.8 Å². The van der Waals surface area contributed by atoms with E-state index in [1.165, 1.54) is 5.56 Å². The van der Waals surface area contributed by atoms with Crippen LogP contribution in [0.2, 0.25) is 0 Å². The Balaban J connectivity index is 2.31. The SMILES string of the molecule is CC(C)c1[nH]nc2nnc3c(c12)CCCC3N. The van der Waals surface area contributed by atoms with E-state index < -0.39 is 0 Å². The van der Waals surface area contributed by atoms with Crippen LogP contribution in [-0.4, -0.2) is 20.4 Å². The third-order valence-electron chi connectivity index (χ3n) is 3.51. The zero-order valence-electron chi connectivity index (χ0n) is 10.2. The van der Waals surface area contributed by atoms with Crippen molar-refractivity contribution in [2.45, 2.75) is 45.1 Å². The molecule has 1 aliphatic carbocycles. The van der Waals surface area contributed by atoms with Crippen molar-refractivity contribution in [1.29, 1.82) is 0 Å². The second kappa shape index (κ2) is 3.77. The average molecular weight is 231 g/mol. The summed E-state index contributed by atoms with van der Waals surface area (Å²) in [7, 11) is 0. The highest BCUT2D eigenvalue weighted by Gasteiger charge is 2.24. The summed E-state index contributed by atoms with van der Waals surface area (Å²) in [5.74, 6) is 0.409. The Morgan fingerprint density at radius 3 is 2.94 bits per heavy atom. The number of nitrogens with zero attached hydrogens (tertiary/aromatic N) is 3. The third kappa shape index (κ3) is 1.53. The summed E-state index contributed by atoms with van der Waals surface area (Å²) in [5, 5.41) is 16.9. The lowest BCUT2D eigenvalue weighted by atomic mass is 9.89. The van der Waals surface area contributed by atoms with Crippen LogP contribution in [0.25, 0.3) is 11.0 Å². The summed E-state index contributed by atoms with van der Waals surface area (Å²) in [4.78, 5) is 0. The lowest BCUT2D eigenvalue weighted by molar-refractivity contribution is 0.549. The quantitative estimate of drug-likeness (QED) is 0.784. The summed E-state index contributed by atoms with van der Waals surface area (Å²) < 4.78 is 0. The maximum atomic E-state index is 6.10. The molecule has 1 atom stereocenters. The standard InChI is InChI=1S/C12H17N5/c1-6(2)10-9-7-4-3-5-8(13)11(7)15-17-12(9)16-14-10/h6,8H,3-5,13H2,1-2H3,(H,14,16,17). The van der Waals surface area contributed by atoms with Crippen molar-refractivity contribution < 1.29 is 0 Å². The molecule has 0 aliphatic heterocycles. The van der Waals surface area contributed by atoms with E-state index in [2.05, 4.69) is 34.2 Å². The van der Waals surface area contributed by atoms with Crippen molar-refractivity contribution in [1.82, 2.24) is 20.4 Å². The Labute approximate surface area is 99.8 Å². The van der Waals surface area contributed by atoms with Gasteiger partial charge in [0.2, 0.25) is 5.65 Å². The topological polar surface area (TPSA) is 80.5 Å². The van der Waals surface area contributed by atoms with Gasteiger partial charge in [-0.3, -0.25) is 5.10 Å². The van der Waals surface area contributed by atoms with Gasteiger partial charge in [0, 0.05) is 17.1 Å². The molecule has 3 rings (SSSR count). The lowest BCUT2D eigenvalue weighted by Gasteiger charge is -2.21. The molecule has 17 heavy (non-hydrogen) atoms. The second-order valence-electron chi connectivity index (χ2n) is 5.05. The van der Waals surface area contributed by atoms with Gasteiger partial charge in [-0.2, -0.15) is 10.2 Å². The molecule has 5 heteroatoms. The molecular formula is C12H17N5. The minimum Gasteiger partial charge on any atom is -0.323 e. The first-order valence-electron chi connectivity index (χ1n) is 6.17. The van der Waals surface area contributed by atoms with Crippen LogP contribution in [0.3, 0.4) is 0 Å². The molecule has 0 spiro atoms. The Morgan fingerprint density at radius 1 is 1.35 bits per heavy atom. The van der Waals surface area contributed by atoms with Crippen molar-refractivity contribution >= 4 is 11.0 Å². The molecule has 1 unspecified atom stereocenters. The van der Waals surface area contributed by atoms with Gasteiger partial charge < -0.3 is 5.73 Å². The van der Waals surface area contributed by atoms with Crippen LogP contribution in [-0.2, 0) is 6.42 Å². The van der Waals surface area contributed by atoms with Gasteiger partial charge in [-0.25, -0.2) is 0 Å². The molecule has 2 aromatic rings. The number of aryl methyl sites for hydroxylation is 1. The summed E-state index contributed by atoms with van der Waals surface area (Å²) in [6.45, 7) is 4.31. The number of nitrogens with one attached hydrogen (secondary N) is 1. The molecule has 1 aliphatic rings. The number of H-pyrrole nitrogens is 1. The molecule has 0 aromatic carbocycles. The maximum Gasteiger partial charge on any atom is 0.203 e. The number of rotatable bonds is 1. The Morgan fingerprint density at radius 2 is 2.18 bits per heavy atom. The van der Waals surface area contributed by atoms with Gasteiger partial charge in [0.05, 0.1) is 5.69 Å². The van der Waals surface area contributed by atoms with E-state index in [1.54, 1.807) is 0 Å². The fourth-order valence-electron chi connectivity index (χ4n) is 2.61. The van der Waals surface area contributed by atoms with Crippen LogP contribution in [0.15, 0.2) is 0 Å². The van der Waals surface area contributed by atoms with Crippen molar-refractivity contribution in [2.24, 2.45) is 5.73 Å². The fraction of sp³-hybridized carbons (Fsp3) is 0.583. The van der Waals surface area contributed by atoms with Gasteiger partial charge in [-0.15, -0.1) is 5.10 Å². The van der Waals surface area contributed by atoms with Crippen LogP contribution >= 0.6 is 0 Å². The Bertz CT molecular complexity index is 557. The molecule has 0 saturated heterocycles. The van der Waals surface area contributed by atoms with Gasteiger partial charge in [0.15, 0.2) is 0 Å². The number of fused-ring (bicyclic) bond motifs is 3. The number of hydrogen-bond donors (Lipinski definition) is 2. The van der Waals surface area contributed by atoms with Gasteiger partial charge >= 0.3 is 0 Å². The molecule has 0 fully saturated rings. The van der Waals surface area contributed by atoms with Gasteiger partial charge in [0.1, 0.15) is 0 Å². The maximum absolute atomic E-state index is 6.10. The van der Waals surface area contributed by atoms with Crippen LogP contribution in [0, 0.1) is 0 Å². The molecular weight excluding hydrogens is 214 g/mol. The van der Waals surface area contributed by atoms with Gasteiger partial charge in [-0.05, 0) is 30.7 Å². The monoisotopic (exact) mass is 231 g/mol. The number of aromatic amines is 1. The van der Waals surface area contributed by atoms with Crippen molar-refractivity contribution in [3.8, 4) is 0 Å². The molecule has 0 amide bonds. The van der Waals surface area contributed by atoms with Crippen LogP contribution < -0.4 is 5.73 Å². The van der Waals surface area contributed by atoms with Crippen LogP contribution in [0.4, 0.5) is 0 Å². The average Bonchev–Trinajstić information content (AvgIpc) is 2.73. The zero-order chi connectivity index (χ0) is 12.0. The first-order valence-corrected chi connectivity index (χ1v) is 6.17.